The number of carbonyl (C=O) groups excluding carboxylic acids is 2. The van der Waals surface area contributed by atoms with Crippen LogP contribution in [0, 0.1) is 5.82 Å². The largest absolute Gasteiger partial charge is 0.398 e. The van der Waals surface area contributed by atoms with Crippen molar-refractivity contribution in [2.24, 2.45) is 0 Å². The fourth-order valence-corrected chi connectivity index (χ4v) is 2.71. The molecule has 1 saturated heterocycles. The maximum atomic E-state index is 12.9. The van der Waals surface area contributed by atoms with Crippen LogP contribution < -0.4 is 11.1 Å². The Hall–Kier alpha value is -3.09. The number of rotatable bonds is 2. The number of nitrogen functional groups attached to an aromatic ring is 1. The van der Waals surface area contributed by atoms with E-state index < -0.39 is 0 Å². The molecule has 6 nitrogen and oxygen atoms in total. The quantitative estimate of drug-likeness (QED) is 0.823. The molecule has 1 aliphatic rings. The van der Waals surface area contributed by atoms with Crippen LogP contribution in [0.2, 0.25) is 0 Å². The molecule has 1 heterocycles. The average molecular weight is 342 g/mol. The van der Waals surface area contributed by atoms with Gasteiger partial charge in [0.25, 0.3) is 5.91 Å². The second-order valence-corrected chi connectivity index (χ2v) is 5.80. The molecule has 3 N–H and O–H groups in total. The van der Waals surface area contributed by atoms with Gasteiger partial charge in [-0.3, -0.25) is 4.79 Å². The summed E-state index contributed by atoms with van der Waals surface area (Å²) in [6.45, 7) is 1.71. The van der Waals surface area contributed by atoms with Crippen LogP contribution in [0.3, 0.4) is 0 Å². The van der Waals surface area contributed by atoms with Crippen LogP contribution in [-0.4, -0.2) is 47.9 Å². The fraction of sp³-hybridized carbons (Fsp3) is 0.222. The van der Waals surface area contributed by atoms with Crippen LogP contribution in [0.5, 0.6) is 0 Å². The summed E-state index contributed by atoms with van der Waals surface area (Å²) in [6, 6.07) is 12.3. The van der Waals surface area contributed by atoms with Crippen molar-refractivity contribution in [3.05, 3.63) is 59.9 Å². The Labute approximate surface area is 145 Å². The van der Waals surface area contributed by atoms with E-state index in [-0.39, 0.29) is 17.8 Å². The van der Waals surface area contributed by atoms with Crippen molar-refractivity contribution in [1.82, 2.24) is 9.80 Å². The number of piperazine rings is 1. The van der Waals surface area contributed by atoms with Crippen LogP contribution in [0.4, 0.5) is 20.6 Å². The van der Waals surface area contributed by atoms with Gasteiger partial charge in [-0.05, 0) is 36.4 Å². The van der Waals surface area contributed by atoms with Gasteiger partial charge in [0.05, 0.1) is 5.56 Å². The maximum absolute atomic E-state index is 12.9. The Kier molecular flexibility index (Phi) is 4.83. The van der Waals surface area contributed by atoms with Gasteiger partial charge in [-0.2, -0.15) is 0 Å². The van der Waals surface area contributed by atoms with Crippen molar-refractivity contribution in [2.75, 3.05) is 37.2 Å². The third kappa shape index (κ3) is 3.88. The second kappa shape index (κ2) is 7.21. The lowest BCUT2D eigenvalue weighted by molar-refractivity contribution is 0.0672. The number of nitrogens with zero attached hydrogens (tertiary/aromatic N) is 2. The Morgan fingerprint density at radius 1 is 0.920 bits per heavy atom. The number of hydrogen-bond acceptors (Lipinski definition) is 3. The standard InChI is InChI=1S/C18H19FN4O2/c19-13-5-7-14(8-6-13)21-18(25)23-11-9-22(10-12-23)17(24)15-3-1-2-4-16(15)20/h1-8H,9-12,20H2,(H,21,25). The molecule has 1 aliphatic heterocycles. The molecule has 2 aromatic carbocycles. The average Bonchev–Trinajstić information content (AvgIpc) is 2.63. The monoisotopic (exact) mass is 342 g/mol. The zero-order valence-corrected chi connectivity index (χ0v) is 13.6. The van der Waals surface area contributed by atoms with Gasteiger partial charge in [-0.15, -0.1) is 0 Å². The van der Waals surface area contributed by atoms with Gasteiger partial charge >= 0.3 is 6.03 Å². The summed E-state index contributed by atoms with van der Waals surface area (Å²) < 4.78 is 12.9. The molecule has 0 bridgehead atoms. The summed E-state index contributed by atoms with van der Waals surface area (Å²) >= 11 is 0. The molecule has 130 valence electrons. The van der Waals surface area contributed by atoms with E-state index in [2.05, 4.69) is 5.32 Å². The summed E-state index contributed by atoms with van der Waals surface area (Å²) in [5.74, 6) is -0.484. The molecule has 2 aromatic rings. The van der Waals surface area contributed by atoms with Crippen LogP contribution in [0.1, 0.15) is 10.4 Å². The third-order valence-corrected chi connectivity index (χ3v) is 4.14. The second-order valence-electron chi connectivity index (χ2n) is 5.80. The summed E-state index contributed by atoms with van der Waals surface area (Å²) in [7, 11) is 0. The molecule has 3 amide bonds. The highest BCUT2D eigenvalue weighted by Crippen LogP contribution is 2.16. The van der Waals surface area contributed by atoms with Crippen LogP contribution >= 0.6 is 0 Å². The molecule has 0 spiro atoms. The van der Waals surface area contributed by atoms with Crippen molar-refractivity contribution < 1.29 is 14.0 Å². The van der Waals surface area contributed by atoms with Gasteiger partial charge in [-0.25, -0.2) is 9.18 Å². The number of para-hydroxylation sites is 1. The predicted molar refractivity (Wildman–Crippen MR) is 93.7 cm³/mol. The highest BCUT2D eigenvalue weighted by Gasteiger charge is 2.25. The third-order valence-electron chi connectivity index (χ3n) is 4.14. The predicted octanol–water partition coefficient (Wildman–Crippen LogP) is 2.40. The Morgan fingerprint density at radius 2 is 1.52 bits per heavy atom. The van der Waals surface area contributed by atoms with E-state index in [0.717, 1.165) is 0 Å². The minimum absolute atomic E-state index is 0.128. The van der Waals surface area contributed by atoms with Crippen molar-refractivity contribution >= 4 is 23.3 Å². The molecule has 25 heavy (non-hydrogen) atoms. The zero-order valence-electron chi connectivity index (χ0n) is 13.6. The van der Waals surface area contributed by atoms with Crippen molar-refractivity contribution in [1.29, 1.82) is 0 Å². The van der Waals surface area contributed by atoms with E-state index in [1.807, 2.05) is 0 Å². The van der Waals surface area contributed by atoms with Gasteiger partial charge in [0.2, 0.25) is 0 Å². The van der Waals surface area contributed by atoms with E-state index in [1.165, 1.54) is 24.3 Å². The van der Waals surface area contributed by atoms with E-state index in [9.17, 15) is 14.0 Å². The first-order valence-corrected chi connectivity index (χ1v) is 8.00. The summed E-state index contributed by atoms with van der Waals surface area (Å²) in [5.41, 5.74) is 7.31. The topological polar surface area (TPSA) is 78.7 Å². The van der Waals surface area contributed by atoms with Crippen LogP contribution in [0.25, 0.3) is 0 Å². The number of amides is 3. The highest BCUT2D eigenvalue weighted by atomic mass is 19.1. The SMILES string of the molecule is Nc1ccccc1C(=O)N1CCN(C(=O)Nc2ccc(F)cc2)CC1. The summed E-state index contributed by atoms with van der Waals surface area (Å²) in [4.78, 5) is 28.1. The van der Waals surface area contributed by atoms with E-state index in [0.29, 0.717) is 43.1 Å². The van der Waals surface area contributed by atoms with Crippen LogP contribution in [-0.2, 0) is 0 Å². The van der Waals surface area contributed by atoms with Gasteiger partial charge in [0, 0.05) is 37.6 Å². The first-order valence-electron chi connectivity index (χ1n) is 8.00. The van der Waals surface area contributed by atoms with Crippen molar-refractivity contribution in [3.8, 4) is 0 Å². The first kappa shape index (κ1) is 16.8. The van der Waals surface area contributed by atoms with Gasteiger partial charge in [0.1, 0.15) is 5.82 Å². The van der Waals surface area contributed by atoms with Crippen LogP contribution in [0.15, 0.2) is 48.5 Å². The molecule has 0 saturated carbocycles. The van der Waals surface area contributed by atoms with E-state index in [4.69, 9.17) is 5.73 Å². The number of nitrogens with two attached hydrogens (primary N) is 1. The van der Waals surface area contributed by atoms with Gasteiger partial charge < -0.3 is 20.9 Å². The maximum Gasteiger partial charge on any atom is 0.321 e. The molecule has 0 aliphatic carbocycles. The first-order chi connectivity index (χ1) is 12.0. The summed E-state index contributed by atoms with van der Waals surface area (Å²) in [5, 5.41) is 2.72. The number of benzene rings is 2. The normalized spacial score (nSPS) is 14.3. The zero-order chi connectivity index (χ0) is 17.8. The molecule has 0 radical (unpaired) electrons. The Balaban J connectivity index is 1.56. The minimum atomic E-state index is -0.356. The molecular weight excluding hydrogens is 323 g/mol. The lowest BCUT2D eigenvalue weighted by Crippen LogP contribution is -2.51. The molecular formula is C18H19FN4O2. The number of carbonyl (C=O) groups is 2. The lowest BCUT2D eigenvalue weighted by Gasteiger charge is -2.34. The van der Waals surface area contributed by atoms with Gasteiger partial charge in [0.15, 0.2) is 0 Å². The molecule has 7 heteroatoms. The molecule has 3 rings (SSSR count). The van der Waals surface area contributed by atoms with E-state index >= 15 is 0 Å². The smallest absolute Gasteiger partial charge is 0.321 e. The van der Waals surface area contributed by atoms with E-state index in [1.54, 1.807) is 34.1 Å². The van der Waals surface area contributed by atoms with Crippen molar-refractivity contribution in [3.63, 3.8) is 0 Å². The number of hydrogen-bond donors (Lipinski definition) is 2. The number of anilines is 2. The highest BCUT2D eigenvalue weighted by molar-refractivity contribution is 5.99. The molecule has 0 aromatic heterocycles. The molecule has 0 atom stereocenters. The van der Waals surface area contributed by atoms with Gasteiger partial charge in [-0.1, -0.05) is 12.1 Å². The Morgan fingerprint density at radius 3 is 2.16 bits per heavy atom. The molecule has 1 fully saturated rings. The Bertz CT molecular complexity index is 771. The minimum Gasteiger partial charge on any atom is -0.398 e. The fourth-order valence-electron chi connectivity index (χ4n) is 2.71. The lowest BCUT2D eigenvalue weighted by atomic mass is 10.1. The molecule has 0 unspecified atom stereocenters. The number of halogens is 1. The van der Waals surface area contributed by atoms with Crippen molar-refractivity contribution in [2.45, 2.75) is 0 Å². The summed E-state index contributed by atoms with van der Waals surface area (Å²) in [6.07, 6.45) is 0. The number of nitrogens with one attached hydrogen (secondary N) is 1. The number of urea groups is 1.